The molecular formula is C16H15N3O2S. The molecule has 112 valence electrons. The fourth-order valence-corrected chi connectivity index (χ4v) is 2.97. The van der Waals surface area contributed by atoms with Crippen LogP contribution in [0.2, 0.25) is 0 Å². The summed E-state index contributed by atoms with van der Waals surface area (Å²) < 4.78 is 1.40. The van der Waals surface area contributed by atoms with Crippen LogP contribution in [0.25, 0.3) is 4.96 Å². The summed E-state index contributed by atoms with van der Waals surface area (Å²) >= 11 is 1.36. The minimum atomic E-state index is -0.326. The largest absolute Gasteiger partial charge is 0.337 e. The van der Waals surface area contributed by atoms with E-state index in [1.165, 1.54) is 21.9 Å². The van der Waals surface area contributed by atoms with E-state index < -0.39 is 0 Å². The molecule has 0 spiro atoms. The molecule has 0 aliphatic rings. The highest BCUT2D eigenvalue weighted by Crippen LogP contribution is 2.12. The van der Waals surface area contributed by atoms with E-state index in [0.29, 0.717) is 11.5 Å². The second-order valence-electron chi connectivity index (χ2n) is 5.12. The number of carbonyl (C=O) groups is 1. The van der Waals surface area contributed by atoms with E-state index in [9.17, 15) is 9.59 Å². The second kappa shape index (κ2) is 5.73. The summed E-state index contributed by atoms with van der Waals surface area (Å²) in [6.45, 7) is 2.46. The van der Waals surface area contributed by atoms with Gasteiger partial charge in [-0.05, 0) is 18.1 Å². The number of thiazole rings is 1. The SMILES string of the molecule is Cc1ccccc1CN(C)C(=O)c1cnc2sccn2c1=O. The predicted octanol–water partition coefficient (Wildman–Crippen LogP) is 2.34. The van der Waals surface area contributed by atoms with Crippen molar-refractivity contribution < 1.29 is 4.79 Å². The number of aryl methyl sites for hydroxylation is 1. The molecular weight excluding hydrogens is 298 g/mol. The first kappa shape index (κ1) is 14.5. The van der Waals surface area contributed by atoms with Gasteiger partial charge in [0, 0.05) is 31.4 Å². The van der Waals surface area contributed by atoms with Crippen molar-refractivity contribution in [1.82, 2.24) is 14.3 Å². The maximum Gasteiger partial charge on any atom is 0.271 e. The van der Waals surface area contributed by atoms with Crippen LogP contribution in [0.1, 0.15) is 21.5 Å². The quantitative estimate of drug-likeness (QED) is 0.746. The average molecular weight is 313 g/mol. The van der Waals surface area contributed by atoms with Crippen LogP contribution in [-0.2, 0) is 6.54 Å². The van der Waals surface area contributed by atoms with E-state index in [1.54, 1.807) is 23.5 Å². The van der Waals surface area contributed by atoms with Crippen LogP contribution >= 0.6 is 11.3 Å². The fourth-order valence-electron chi connectivity index (χ4n) is 2.29. The first-order valence-electron chi connectivity index (χ1n) is 6.83. The molecule has 0 radical (unpaired) electrons. The Morgan fingerprint density at radius 2 is 2.14 bits per heavy atom. The van der Waals surface area contributed by atoms with Crippen LogP contribution < -0.4 is 5.56 Å². The third-order valence-electron chi connectivity index (χ3n) is 3.59. The molecule has 0 saturated heterocycles. The summed E-state index contributed by atoms with van der Waals surface area (Å²) in [5, 5.41) is 1.77. The predicted molar refractivity (Wildman–Crippen MR) is 86.3 cm³/mol. The number of aromatic nitrogens is 2. The molecule has 0 unspecified atom stereocenters. The van der Waals surface area contributed by atoms with E-state index in [4.69, 9.17) is 0 Å². The standard InChI is InChI=1S/C16H15N3O2S/c1-11-5-3-4-6-12(11)10-18(2)14(20)13-9-17-16-19(15(13)21)7-8-22-16/h3-9H,10H2,1-2H3. The Morgan fingerprint density at radius 3 is 2.91 bits per heavy atom. The molecule has 5 nitrogen and oxygen atoms in total. The maximum absolute atomic E-state index is 12.5. The van der Waals surface area contributed by atoms with Gasteiger partial charge in [-0.3, -0.25) is 14.0 Å². The van der Waals surface area contributed by atoms with Crippen molar-refractivity contribution in [3.63, 3.8) is 0 Å². The number of nitrogens with zero attached hydrogens (tertiary/aromatic N) is 3. The topological polar surface area (TPSA) is 54.7 Å². The third kappa shape index (κ3) is 2.53. The Hall–Kier alpha value is -2.47. The van der Waals surface area contributed by atoms with Gasteiger partial charge in [-0.15, -0.1) is 11.3 Å². The molecule has 6 heteroatoms. The molecule has 0 fully saturated rings. The second-order valence-corrected chi connectivity index (χ2v) is 5.99. The van der Waals surface area contributed by atoms with Gasteiger partial charge in [-0.2, -0.15) is 0 Å². The molecule has 3 rings (SSSR count). The Labute approximate surface area is 131 Å². The smallest absolute Gasteiger partial charge is 0.271 e. The van der Waals surface area contributed by atoms with Gasteiger partial charge in [0.1, 0.15) is 5.56 Å². The van der Waals surface area contributed by atoms with Crippen molar-refractivity contribution in [3.05, 3.63) is 69.1 Å². The average Bonchev–Trinajstić information content (AvgIpc) is 2.99. The van der Waals surface area contributed by atoms with Gasteiger partial charge < -0.3 is 4.90 Å². The zero-order chi connectivity index (χ0) is 15.7. The molecule has 2 aromatic heterocycles. The van der Waals surface area contributed by atoms with Crippen molar-refractivity contribution in [2.45, 2.75) is 13.5 Å². The lowest BCUT2D eigenvalue weighted by molar-refractivity contribution is 0.0782. The van der Waals surface area contributed by atoms with E-state index >= 15 is 0 Å². The van der Waals surface area contributed by atoms with Crippen LogP contribution in [0.4, 0.5) is 0 Å². The minimum absolute atomic E-state index is 0.0898. The van der Waals surface area contributed by atoms with Gasteiger partial charge in [0.15, 0.2) is 4.96 Å². The number of rotatable bonds is 3. The summed E-state index contributed by atoms with van der Waals surface area (Å²) in [5.74, 6) is -0.318. The highest BCUT2D eigenvalue weighted by molar-refractivity contribution is 7.15. The molecule has 1 aromatic carbocycles. The lowest BCUT2D eigenvalue weighted by atomic mass is 10.1. The van der Waals surface area contributed by atoms with Crippen LogP contribution in [0.3, 0.4) is 0 Å². The van der Waals surface area contributed by atoms with Gasteiger partial charge in [0.2, 0.25) is 0 Å². The minimum Gasteiger partial charge on any atom is -0.337 e. The summed E-state index contributed by atoms with van der Waals surface area (Å²) in [5.41, 5.74) is 1.94. The van der Waals surface area contributed by atoms with Gasteiger partial charge >= 0.3 is 0 Å². The Bertz CT molecular complexity index is 898. The Kier molecular flexibility index (Phi) is 3.77. The zero-order valence-electron chi connectivity index (χ0n) is 12.3. The van der Waals surface area contributed by atoms with Crippen molar-refractivity contribution in [3.8, 4) is 0 Å². The third-order valence-corrected chi connectivity index (χ3v) is 4.36. The van der Waals surface area contributed by atoms with Gasteiger partial charge in [0.05, 0.1) is 0 Å². The molecule has 0 atom stereocenters. The lowest BCUT2D eigenvalue weighted by Gasteiger charge is -2.18. The summed E-state index contributed by atoms with van der Waals surface area (Å²) in [6, 6.07) is 7.88. The fraction of sp³-hybridized carbons (Fsp3) is 0.188. The van der Waals surface area contributed by atoms with Crippen LogP contribution in [0, 0.1) is 6.92 Å². The highest BCUT2D eigenvalue weighted by Gasteiger charge is 2.18. The number of benzene rings is 1. The molecule has 0 N–H and O–H groups in total. The normalized spacial score (nSPS) is 10.8. The number of fused-ring (bicyclic) bond motifs is 1. The monoisotopic (exact) mass is 313 g/mol. The first-order chi connectivity index (χ1) is 10.6. The van der Waals surface area contributed by atoms with Gasteiger partial charge in [0.25, 0.3) is 11.5 Å². The lowest BCUT2D eigenvalue weighted by Crippen LogP contribution is -2.32. The van der Waals surface area contributed by atoms with E-state index in [2.05, 4.69) is 4.98 Å². The van der Waals surface area contributed by atoms with Crippen molar-refractivity contribution >= 4 is 22.2 Å². The molecule has 3 aromatic rings. The van der Waals surface area contributed by atoms with Crippen molar-refractivity contribution in [2.75, 3.05) is 7.05 Å². The molecule has 22 heavy (non-hydrogen) atoms. The summed E-state index contributed by atoms with van der Waals surface area (Å²) in [6.07, 6.45) is 3.00. The Morgan fingerprint density at radius 1 is 1.36 bits per heavy atom. The number of carbonyl (C=O) groups excluding carboxylic acids is 1. The zero-order valence-corrected chi connectivity index (χ0v) is 13.1. The Balaban J connectivity index is 1.90. The number of amides is 1. The van der Waals surface area contributed by atoms with E-state index in [1.807, 2.05) is 31.2 Å². The highest BCUT2D eigenvalue weighted by atomic mass is 32.1. The van der Waals surface area contributed by atoms with Gasteiger partial charge in [-0.1, -0.05) is 24.3 Å². The maximum atomic E-state index is 12.5. The van der Waals surface area contributed by atoms with Crippen molar-refractivity contribution in [1.29, 1.82) is 0 Å². The molecule has 0 aliphatic heterocycles. The van der Waals surface area contributed by atoms with E-state index in [0.717, 1.165) is 11.1 Å². The molecule has 1 amide bonds. The van der Waals surface area contributed by atoms with Crippen LogP contribution in [0.15, 0.2) is 46.8 Å². The van der Waals surface area contributed by atoms with Crippen molar-refractivity contribution in [2.24, 2.45) is 0 Å². The summed E-state index contributed by atoms with van der Waals surface area (Å²) in [4.78, 5) is 31.2. The first-order valence-corrected chi connectivity index (χ1v) is 7.70. The molecule has 0 saturated carbocycles. The molecule has 0 bridgehead atoms. The molecule has 2 heterocycles. The van der Waals surface area contributed by atoms with Crippen LogP contribution in [0.5, 0.6) is 0 Å². The summed E-state index contributed by atoms with van der Waals surface area (Å²) in [7, 11) is 1.69. The van der Waals surface area contributed by atoms with E-state index in [-0.39, 0.29) is 17.0 Å². The number of hydrogen-bond donors (Lipinski definition) is 0. The van der Waals surface area contributed by atoms with Crippen LogP contribution in [-0.4, -0.2) is 27.2 Å². The molecule has 0 aliphatic carbocycles. The number of hydrogen-bond acceptors (Lipinski definition) is 4. The van der Waals surface area contributed by atoms with Gasteiger partial charge in [-0.25, -0.2) is 4.98 Å².